The summed E-state index contributed by atoms with van der Waals surface area (Å²) in [5, 5.41) is 3.50. The van der Waals surface area contributed by atoms with E-state index in [4.69, 9.17) is 22.1 Å². The van der Waals surface area contributed by atoms with Gasteiger partial charge in [0.1, 0.15) is 6.10 Å². The second-order valence-electron chi connectivity index (χ2n) is 3.83. The summed E-state index contributed by atoms with van der Waals surface area (Å²) in [5.74, 6) is 0.0794. The molecule has 0 radical (unpaired) electrons. The largest absolute Gasteiger partial charge is 0.367 e. The van der Waals surface area contributed by atoms with E-state index in [1.165, 1.54) is 12.4 Å². The van der Waals surface area contributed by atoms with Gasteiger partial charge in [-0.05, 0) is 12.8 Å². The summed E-state index contributed by atoms with van der Waals surface area (Å²) >= 11 is 5.66. The second-order valence-corrected chi connectivity index (χ2v) is 4.27. The molecule has 3 N–H and O–H groups in total. The minimum Gasteiger partial charge on any atom is -0.367 e. The molecule has 1 saturated heterocycles. The van der Waals surface area contributed by atoms with Crippen molar-refractivity contribution in [1.29, 1.82) is 0 Å². The molecule has 1 aromatic rings. The van der Waals surface area contributed by atoms with E-state index in [1.54, 1.807) is 0 Å². The lowest BCUT2D eigenvalue weighted by molar-refractivity contribution is -0.128. The van der Waals surface area contributed by atoms with Crippen LogP contribution in [0.15, 0.2) is 12.4 Å². The summed E-state index contributed by atoms with van der Waals surface area (Å²) in [5.41, 5.74) is 5.16. The first-order valence-electron chi connectivity index (χ1n) is 5.31. The highest BCUT2D eigenvalue weighted by atomic mass is 35.5. The van der Waals surface area contributed by atoms with Crippen LogP contribution in [0.5, 0.6) is 0 Å². The second kappa shape index (κ2) is 5.29. The van der Waals surface area contributed by atoms with Gasteiger partial charge in [-0.3, -0.25) is 4.79 Å². The van der Waals surface area contributed by atoms with E-state index >= 15 is 0 Å². The number of hydrogen-bond donors (Lipinski definition) is 2. The maximum Gasteiger partial charge on any atom is 0.246 e. The summed E-state index contributed by atoms with van der Waals surface area (Å²) < 4.78 is 5.45. The van der Waals surface area contributed by atoms with Crippen molar-refractivity contribution in [3.8, 4) is 0 Å². The summed E-state index contributed by atoms with van der Waals surface area (Å²) in [7, 11) is 0. The number of carbonyl (C=O) groups excluding carboxylic acids is 1. The number of carbonyl (C=O) groups is 1. The molecule has 1 amide bonds. The summed E-state index contributed by atoms with van der Waals surface area (Å²) in [6.45, 7) is 0.547. The zero-order valence-corrected chi connectivity index (χ0v) is 9.85. The van der Waals surface area contributed by atoms with Crippen LogP contribution in [0.2, 0.25) is 5.02 Å². The van der Waals surface area contributed by atoms with Crippen LogP contribution >= 0.6 is 11.6 Å². The van der Waals surface area contributed by atoms with Gasteiger partial charge in [0, 0.05) is 6.54 Å². The lowest BCUT2D eigenvalue weighted by Crippen LogP contribution is -2.30. The van der Waals surface area contributed by atoms with Crippen molar-refractivity contribution in [1.82, 2.24) is 9.97 Å². The Morgan fingerprint density at radius 3 is 2.82 bits per heavy atom. The van der Waals surface area contributed by atoms with Gasteiger partial charge in [0.05, 0.1) is 23.5 Å². The first kappa shape index (κ1) is 12.1. The number of halogens is 1. The number of nitrogens with one attached hydrogen (secondary N) is 1. The van der Waals surface area contributed by atoms with E-state index in [2.05, 4.69) is 15.3 Å². The number of amides is 1. The zero-order valence-electron chi connectivity index (χ0n) is 9.10. The Hall–Kier alpha value is -1.40. The predicted molar refractivity (Wildman–Crippen MR) is 62.6 cm³/mol. The first-order chi connectivity index (χ1) is 8.15. The number of nitrogens with zero attached hydrogens (tertiary/aromatic N) is 2. The Bertz CT molecular complexity index is 398. The van der Waals surface area contributed by atoms with Crippen molar-refractivity contribution < 1.29 is 9.53 Å². The predicted octanol–water partition coefficient (Wildman–Crippen LogP) is 0.575. The van der Waals surface area contributed by atoms with Gasteiger partial charge < -0.3 is 15.8 Å². The van der Waals surface area contributed by atoms with Gasteiger partial charge in [0.15, 0.2) is 0 Å². The summed E-state index contributed by atoms with van der Waals surface area (Å²) in [4.78, 5) is 18.9. The number of rotatable bonds is 4. The molecule has 0 bridgehead atoms. The molecule has 1 aliphatic heterocycles. The topological polar surface area (TPSA) is 90.1 Å². The third-order valence-corrected chi connectivity index (χ3v) is 2.73. The highest BCUT2D eigenvalue weighted by Gasteiger charge is 2.28. The monoisotopic (exact) mass is 256 g/mol. The van der Waals surface area contributed by atoms with Crippen LogP contribution in [-0.2, 0) is 9.53 Å². The van der Waals surface area contributed by atoms with Crippen LogP contribution in [0.1, 0.15) is 12.8 Å². The Labute approximate surface area is 104 Å². The van der Waals surface area contributed by atoms with E-state index in [-0.39, 0.29) is 6.10 Å². The van der Waals surface area contributed by atoms with Crippen LogP contribution in [-0.4, -0.2) is 34.6 Å². The minimum atomic E-state index is -0.465. The highest BCUT2D eigenvalue weighted by Crippen LogP contribution is 2.19. The van der Waals surface area contributed by atoms with E-state index in [0.717, 1.165) is 6.42 Å². The molecule has 1 fully saturated rings. The minimum absolute atomic E-state index is 0.0354. The summed E-state index contributed by atoms with van der Waals surface area (Å²) in [6, 6.07) is 0. The number of hydrogen-bond acceptors (Lipinski definition) is 5. The molecule has 0 saturated carbocycles. The molecule has 1 aromatic heterocycles. The lowest BCUT2D eigenvalue weighted by atomic mass is 10.2. The Morgan fingerprint density at radius 2 is 2.24 bits per heavy atom. The van der Waals surface area contributed by atoms with Crippen molar-refractivity contribution in [3.05, 3.63) is 17.4 Å². The first-order valence-corrected chi connectivity index (χ1v) is 5.69. The Kier molecular flexibility index (Phi) is 3.75. The van der Waals surface area contributed by atoms with E-state index in [0.29, 0.717) is 23.9 Å². The van der Waals surface area contributed by atoms with Gasteiger partial charge in [0.2, 0.25) is 11.9 Å². The number of aromatic nitrogens is 2. The quantitative estimate of drug-likeness (QED) is 0.822. The van der Waals surface area contributed by atoms with Crippen LogP contribution in [0.4, 0.5) is 5.95 Å². The van der Waals surface area contributed by atoms with Crippen molar-refractivity contribution in [2.24, 2.45) is 5.73 Å². The number of anilines is 1. The van der Waals surface area contributed by atoms with Gasteiger partial charge in [-0.2, -0.15) is 0 Å². The number of nitrogens with two attached hydrogens (primary N) is 1. The molecule has 0 spiro atoms. The van der Waals surface area contributed by atoms with E-state index in [1.807, 2.05) is 0 Å². The average molecular weight is 257 g/mol. The highest BCUT2D eigenvalue weighted by molar-refractivity contribution is 6.30. The van der Waals surface area contributed by atoms with Crippen molar-refractivity contribution in [2.45, 2.75) is 25.0 Å². The molecule has 92 valence electrons. The fraction of sp³-hybridized carbons (Fsp3) is 0.500. The zero-order chi connectivity index (χ0) is 12.3. The molecule has 6 nitrogen and oxygen atoms in total. The fourth-order valence-electron chi connectivity index (χ4n) is 1.67. The number of ether oxygens (including phenoxy) is 1. The molecule has 0 aromatic carbocycles. The molecular formula is C10H13ClN4O2. The number of primary amides is 1. The van der Waals surface area contributed by atoms with Crippen molar-refractivity contribution in [3.63, 3.8) is 0 Å². The van der Waals surface area contributed by atoms with Gasteiger partial charge in [0.25, 0.3) is 0 Å². The molecule has 7 heteroatoms. The van der Waals surface area contributed by atoms with Crippen LogP contribution in [0.25, 0.3) is 0 Å². The molecule has 0 aliphatic carbocycles. The molecule has 2 rings (SSSR count). The third-order valence-electron chi connectivity index (χ3n) is 2.53. The average Bonchev–Trinajstić information content (AvgIpc) is 2.77. The SMILES string of the molecule is NC(=O)[C@@H]1CC[C@H](CNc2ncc(Cl)cn2)O1. The van der Waals surface area contributed by atoms with E-state index in [9.17, 15) is 4.79 Å². The normalized spacial score (nSPS) is 23.6. The Morgan fingerprint density at radius 1 is 1.53 bits per heavy atom. The van der Waals surface area contributed by atoms with Crippen LogP contribution in [0.3, 0.4) is 0 Å². The van der Waals surface area contributed by atoms with Crippen molar-refractivity contribution >= 4 is 23.5 Å². The van der Waals surface area contributed by atoms with Crippen LogP contribution < -0.4 is 11.1 Å². The van der Waals surface area contributed by atoms with Gasteiger partial charge in [-0.15, -0.1) is 0 Å². The van der Waals surface area contributed by atoms with E-state index < -0.39 is 12.0 Å². The standard InChI is InChI=1S/C10H13ClN4O2/c11-6-3-13-10(14-4-6)15-5-7-1-2-8(17-7)9(12)16/h3-4,7-8H,1-2,5H2,(H2,12,16)(H,13,14,15)/t7-,8+/m1/s1. The molecular weight excluding hydrogens is 244 g/mol. The third kappa shape index (κ3) is 3.28. The molecule has 17 heavy (non-hydrogen) atoms. The lowest BCUT2D eigenvalue weighted by Gasteiger charge is -2.12. The fourth-order valence-corrected chi connectivity index (χ4v) is 1.77. The molecule has 1 aliphatic rings. The maximum absolute atomic E-state index is 10.9. The molecule has 2 atom stereocenters. The van der Waals surface area contributed by atoms with Gasteiger partial charge >= 0.3 is 0 Å². The summed E-state index contributed by atoms with van der Waals surface area (Å²) in [6.07, 6.45) is 3.99. The Balaban J connectivity index is 1.80. The molecule has 0 unspecified atom stereocenters. The van der Waals surface area contributed by atoms with Gasteiger partial charge in [-0.1, -0.05) is 11.6 Å². The van der Waals surface area contributed by atoms with Crippen molar-refractivity contribution in [2.75, 3.05) is 11.9 Å². The maximum atomic E-state index is 10.9. The molecule has 2 heterocycles. The van der Waals surface area contributed by atoms with Gasteiger partial charge in [-0.25, -0.2) is 9.97 Å². The van der Waals surface area contributed by atoms with Crippen LogP contribution in [0, 0.1) is 0 Å². The smallest absolute Gasteiger partial charge is 0.246 e.